The molecular formula is C27H29F3N2O3S. The minimum Gasteiger partial charge on any atom is -0.480 e. The number of aromatic nitrogens is 2. The monoisotopic (exact) mass is 518 g/mol. The predicted octanol–water partition coefficient (Wildman–Crippen LogP) is 6.87. The van der Waals surface area contributed by atoms with Crippen LogP contribution in [0.3, 0.4) is 0 Å². The van der Waals surface area contributed by atoms with E-state index in [4.69, 9.17) is 14.9 Å². The Hall–Kier alpha value is -2.78. The molecule has 1 aliphatic carbocycles. The lowest BCUT2D eigenvalue weighted by Gasteiger charge is -2.28. The molecule has 1 aliphatic rings. The van der Waals surface area contributed by atoms with Gasteiger partial charge in [0, 0.05) is 17.7 Å². The number of rotatable bonds is 9. The van der Waals surface area contributed by atoms with E-state index in [-0.39, 0.29) is 6.61 Å². The molecule has 4 rings (SSSR count). The number of halogens is 3. The molecule has 0 bridgehead atoms. The van der Waals surface area contributed by atoms with E-state index in [1.165, 1.54) is 23.9 Å². The number of hydrogen-bond donors (Lipinski definition) is 1. The number of carboxylic acids is 1. The van der Waals surface area contributed by atoms with Crippen molar-refractivity contribution in [3.05, 3.63) is 60.2 Å². The predicted molar refractivity (Wildman–Crippen MR) is 134 cm³/mol. The molecule has 0 unspecified atom stereocenters. The maximum absolute atomic E-state index is 13.5. The van der Waals surface area contributed by atoms with Gasteiger partial charge in [0.05, 0.1) is 12.2 Å². The largest absolute Gasteiger partial charge is 0.480 e. The lowest BCUT2D eigenvalue weighted by atomic mass is 9.82. The second-order valence-electron chi connectivity index (χ2n) is 9.16. The molecule has 0 amide bonds. The van der Waals surface area contributed by atoms with Crippen molar-refractivity contribution < 1.29 is 27.8 Å². The number of aliphatic carboxylic acids is 1. The van der Waals surface area contributed by atoms with E-state index in [0.29, 0.717) is 36.2 Å². The maximum atomic E-state index is 13.5. The van der Waals surface area contributed by atoms with Crippen LogP contribution in [0, 0.1) is 11.8 Å². The summed E-state index contributed by atoms with van der Waals surface area (Å²) in [6, 6.07) is 15.0. The van der Waals surface area contributed by atoms with Crippen molar-refractivity contribution in [2.24, 2.45) is 11.8 Å². The molecule has 1 heterocycles. The Bertz CT molecular complexity index is 1170. The fourth-order valence-corrected chi connectivity index (χ4v) is 5.57. The Morgan fingerprint density at radius 3 is 2.36 bits per heavy atom. The van der Waals surface area contributed by atoms with E-state index in [1.807, 2.05) is 41.3 Å². The molecule has 1 saturated carbocycles. The van der Waals surface area contributed by atoms with Crippen molar-refractivity contribution in [3.63, 3.8) is 0 Å². The minimum absolute atomic E-state index is 0.273. The third-order valence-corrected chi connectivity index (χ3v) is 7.40. The van der Waals surface area contributed by atoms with E-state index >= 15 is 0 Å². The molecule has 0 atom stereocenters. The molecule has 5 nitrogen and oxygen atoms in total. The van der Waals surface area contributed by atoms with Crippen LogP contribution in [-0.2, 0) is 22.3 Å². The van der Waals surface area contributed by atoms with Crippen LogP contribution in [0.15, 0.2) is 59.6 Å². The first-order chi connectivity index (χ1) is 17.3. The lowest BCUT2D eigenvalue weighted by molar-refractivity contribution is -0.143. The third kappa shape index (κ3) is 6.31. The molecule has 36 heavy (non-hydrogen) atoms. The number of hydrogen-bond acceptors (Lipinski definition) is 4. The van der Waals surface area contributed by atoms with Gasteiger partial charge in [-0.2, -0.15) is 18.3 Å². The van der Waals surface area contributed by atoms with Gasteiger partial charge in [-0.25, -0.2) is 4.79 Å². The van der Waals surface area contributed by atoms with E-state index in [0.717, 1.165) is 47.9 Å². The Morgan fingerprint density at radius 2 is 1.72 bits per heavy atom. The number of alkyl halides is 3. The van der Waals surface area contributed by atoms with Crippen LogP contribution < -0.4 is 0 Å². The Kier molecular flexibility index (Phi) is 8.41. The van der Waals surface area contributed by atoms with E-state index < -0.39 is 17.7 Å². The van der Waals surface area contributed by atoms with Gasteiger partial charge in [-0.05, 0) is 61.5 Å². The molecule has 1 aromatic heterocycles. The van der Waals surface area contributed by atoms with Crippen molar-refractivity contribution in [1.29, 1.82) is 0 Å². The van der Waals surface area contributed by atoms with Crippen molar-refractivity contribution in [1.82, 2.24) is 9.78 Å². The van der Waals surface area contributed by atoms with Gasteiger partial charge in [-0.1, -0.05) is 42.5 Å². The molecule has 192 valence electrons. The fourth-order valence-electron chi connectivity index (χ4n) is 4.83. The van der Waals surface area contributed by atoms with Crippen molar-refractivity contribution in [2.75, 3.05) is 19.5 Å². The first-order valence-corrected chi connectivity index (χ1v) is 13.2. The molecule has 0 radical (unpaired) electrons. The summed E-state index contributed by atoms with van der Waals surface area (Å²) in [6.07, 6.45) is 1.34. The number of nitrogens with zero attached hydrogens (tertiary/aromatic N) is 2. The van der Waals surface area contributed by atoms with Crippen LogP contribution in [0.2, 0.25) is 0 Å². The normalized spacial score (nSPS) is 18.3. The SMILES string of the molecule is CSc1c(-c2cccc(C(F)(F)F)c2)c(-c2ccccc2)nn1C[C@H]1CC[C@H](COCC(=O)O)CC1. The second-order valence-corrected chi connectivity index (χ2v) is 9.95. The molecule has 2 aromatic carbocycles. The lowest BCUT2D eigenvalue weighted by Crippen LogP contribution is -2.23. The fraction of sp³-hybridized carbons (Fsp3) is 0.407. The summed E-state index contributed by atoms with van der Waals surface area (Å²) in [5.74, 6) is -0.235. The van der Waals surface area contributed by atoms with E-state index in [1.54, 1.807) is 6.07 Å². The van der Waals surface area contributed by atoms with Crippen molar-refractivity contribution in [2.45, 2.75) is 43.4 Å². The number of ether oxygens (including phenoxy) is 1. The van der Waals surface area contributed by atoms with Crippen LogP contribution in [0.5, 0.6) is 0 Å². The average Bonchev–Trinajstić information content (AvgIpc) is 3.23. The Labute approximate surface area is 212 Å². The van der Waals surface area contributed by atoms with Crippen LogP contribution in [0.1, 0.15) is 31.2 Å². The summed E-state index contributed by atoms with van der Waals surface area (Å²) in [5, 5.41) is 14.5. The minimum atomic E-state index is -4.43. The van der Waals surface area contributed by atoms with Crippen LogP contribution in [0.25, 0.3) is 22.4 Å². The highest BCUT2D eigenvalue weighted by molar-refractivity contribution is 7.98. The Balaban J connectivity index is 1.61. The van der Waals surface area contributed by atoms with Gasteiger partial charge in [-0.3, -0.25) is 4.68 Å². The zero-order valence-electron chi connectivity index (χ0n) is 20.0. The summed E-state index contributed by atoms with van der Waals surface area (Å²) in [5.41, 5.74) is 2.07. The topological polar surface area (TPSA) is 64.4 Å². The second kappa shape index (κ2) is 11.5. The quantitative estimate of drug-likeness (QED) is 0.313. The summed E-state index contributed by atoms with van der Waals surface area (Å²) >= 11 is 1.49. The molecular weight excluding hydrogens is 489 g/mol. The highest BCUT2D eigenvalue weighted by atomic mass is 32.2. The van der Waals surface area contributed by atoms with Gasteiger partial charge >= 0.3 is 12.1 Å². The van der Waals surface area contributed by atoms with Gasteiger partial charge < -0.3 is 9.84 Å². The first kappa shape index (κ1) is 26.3. The number of thioether (sulfide) groups is 1. The van der Waals surface area contributed by atoms with Gasteiger partial charge in [0.15, 0.2) is 0 Å². The average molecular weight is 519 g/mol. The number of benzene rings is 2. The summed E-state index contributed by atoms with van der Waals surface area (Å²) in [7, 11) is 0. The van der Waals surface area contributed by atoms with E-state index in [9.17, 15) is 18.0 Å². The smallest absolute Gasteiger partial charge is 0.416 e. The molecule has 3 aromatic rings. The molecule has 1 N–H and O–H groups in total. The number of carbonyl (C=O) groups is 1. The standard InChI is InChI=1S/C27H29F3N2O3S/c1-36-26-24(21-8-5-9-22(14-21)27(28,29)30)25(20-6-3-2-4-7-20)31-32(26)15-18-10-12-19(13-11-18)16-35-17-23(33)34/h2-9,14,18-19H,10-13,15-17H2,1H3,(H,33,34)/t18-,19-. The molecule has 9 heteroatoms. The van der Waals surface area contributed by atoms with E-state index in [2.05, 4.69) is 0 Å². The third-order valence-electron chi connectivity index (χ3n) is 6.60. The van der Waals surface area contributed by atoms with Crippen LogP contribution >= 0.6 is 11.8 Å². The van der Waals surface area contributed by atoms with Gasteiger partial charge in [0.1, 0.15) is 17.3 Å². The van der Waals surface area contributed by atoms with Crippen molar-refractivity contribution in [3.8, 4) is 22.4 Å². The maximum Gasteiger partial charge on any atom is 0.416 e. The zero-order chi connectivity index (χ0) is 25.7. The highest BCUT2D eigenvalue weighted by Crippen LogP contribution is 2.42. The molecule has 0 aliphatic heterocycles. The molecule has 1 fully saturated rings. The van der Waals surface area contributed by atoms with Crippen LogP contribution in [-0.4, -0.2) is 40.3 Å². The molecule has 0 saturated heterocycles. The van der Waals surface area contributed by atoms with Gasteiger partial charge in [0.2, 0.25) is 0 Å². The summed E-state index contributed by atoms with van der Waals surface area (Å²) in [4.78, 5) is 10.7. The Morgan fingerprint density at radius 1 is 1.06 bits per heavy atom. The number of carboxylic acid groups (broad SMARTS) is 1. The highest BCUT2D eigenvalue weighted by Gasteiger charge is 2.32. The first-order valence-electron chi connectivity index (χ1n) is 11.9. The summed E-state index contributed by atoms with van der Waals surface area (Å²) in [6.45, 7) is 0.858. The van der Waals surface area contributed by atoms with Crippen LogP contribution in [0.4, 0.5) is 13.2 Å². The van der Waals surface area contributed by atoms with Crippen molar-refractivity contribution >= 4 is 17.7 Å². The summed E-state index contributed by atoms with van der Waals surface area (Å²) < 4.78 is 47.7. The zero-order valence-corrected chi connectivity index (χ0v) is 20.8. The van der Waals surface area contributed by atoms with Gasteiger partial charge in [0.25, 0.3) is 0 Å². The van der Waals surface area contributed by atoms with Gasteiger partial charge in [-0.15, -0.1) is 11.8 Å². The molecule has 0 spiro atoms.